The number of nitro groups is 1. The van der Waals surface area contributed by atoms with Crippen molar-refractivity contribution in [3.8, 4) is 0 Å². The number of carboxylic acid groups (broad SMARTS) is 1. The highest BCUT2D eigenvalue weighted by Gasteiger charge is 2.13. The lowest BCUT2D eigenvalue weighted by Gasteiger charge is -1.96. The number of hydrogen-bond acceptors (Lipinski definition) is 4. The van der Waals surface area contributed by atoms with Gasteiger partial charge in [-0.05, 0) is 6.07 Å². The van der Waals surface area contributed by atoms with Crippen LogP contribution in [0.5, 0.6) is 0 Å². The number of fused-ring (bicyclic) bond motifs is 1. The Kier molecular flexibility index (Phi) is 1.86. The summed E-state index contributed by atoms with van der Waals surface area (Å²) >= 11 is 0. The molecule has 0 aliphatic rings. The first-order chi connectivity index (χ1) is 7.09. The Bertz CT molecular complexity index is 560. The fourth-order valence-corrected chi connectivity index (χ4v) is 1.24. The van der Waals surface area contributed by atoms with Crippen LogP contribution in [0.2, 0.25) is 0 Å². The highest BCUT2D eigenvalue weighted by Crippen LogP contribution is 2.14. The van der Waals surface area contributed by atoms with Crippen molar-refractivity contribution in [3.63, 3.8) is 0 Å². The van der Waals surface area contributed by atoms with Crippen LogP contribution >= 0.6 is 0 Å². The van der Waals surface area contributed by atoms with E-state index in [2.05, 4.69) is 4.98 Å². The Hall–Kier alpha value is -2.44. The molecule has 0 saturated heterocycles. The molecule has 0 aliphatic heterocycles. The molecule has 0 atom stereocenters. The van der Waals surface area contributed by atoms with Gasteiger partial charge in [-0.3, -0.25) is 14.5 Å². The summed E-state index contributed by atoms with van der Waals surface area (Å²) in [4.78, 5) is 24.4. The van der Waals surface area contributed by atoms with E-state index in [1.807, 2.05) is 0 Å². The third-order valence-corrected chi connectivity index (χ3v) is 1.92. The minimum atomic E-state index is -1.18. The van der Waals surface area contributed by atoms with Crippen LogP contribution in [0.25, 0.3) is 5.65 Å². The maximum atomic E-state index is 10.7. The number of nitrogens with zero attached hydrogens (tertiary/aromatic N) is 3. The van der Waals surface area contributed by atoms with Crippen LogP contribution in [0.4, 0.5) is 5.69 Å². The zero-order valence-corrected chi connectivity index (χ0v) is 7.32. The molecule has 2 aromatic rings. The van der Waals surface area contributed by atoms with Gasteiger partial charge in [0.15, 0.2) is 5.69 Å². The predicted octanol–water partition coefficient (Wildman–Crippen LogP) is 0.941. The van der Waals surface area contributed by atoms with Crippen LogP contribution in [0.15, 0.2) is 24.5 Å². The van der Waals surface area contributed by atoms with Crippen LogP contribution in [0.1, 0.15) is 10.5 Å². The van der Waals surface area contributed by atoms with Crippen molar-refractivity contribution in [3.05, 3.63) is 40.3 Å². The molecule has 7 nitrogen and oxygen atoms in total. The minimum Gasteiger partial charge on any atom is -0.477 e. The topological polar surface area (TPSA) is 97.7 Å². The van der Waals surface area contributed by atoms with Gasteiger partial charge in [0.05, 0.1) is 17.3 Å². The fourth-order valence-electron chi connectivity index (χ4n) is 1.24. The molecule has 0 unspecified atom stereocenters. The van der Waals surface area contributed by atoms with Gasteiger partial charge in [0.2, 0.25) is 0 Å². The Morgan fingerprint density at radius 3 is 2.87 bits per heavy atom. The molecule has 0 spiro atoms. The second-order valence-electron chi connectivity index (χ2n) is 2.82. The van der Waals surface area contributed by atoms with Crippen molar-refractivity contribution in [2.24, 2.45) is 0 Å². The van der Waals surface area contributed by atoms with E-state index in [1.54, 1.807) is 0 Å². The van der Waals surface area contributed by atoms with Crippen LogP contribution in [0.3, 0.4) is 0 Å². The van der Waals surface area contributed by atoms with Gasteiger partial charge in [-0.1, -0.05) is 0 Å². The molecule has 0 saturated carbocycles. The molecule has 1 N–H and O–H groups in total. The zero-order chi connectivity index (χ0) is 11.0. The van der Waals surface area contributed by atoms with E-state index in [-0.39, 0.29) is 11.4 Å². The Labute approximate surface area is 82.7 Å². The van der Waals surface area contributed by atoms with Gasteiger partial charge in [0, 0.05) is 6.07 Å². The van der Waals surface area contributed by atoms with Crippen molar-refractivity contribution in [2.75, 3.05) is 0 Å². The summed E-state index contributed by atoms with van der Waals surface area (Å²) in [6.45, 7) is 0. The number of aromatic nitrogens is 2. The first-order valence-electron chi connectivity index (χ1n) is 3.94. The smallest absolute Gasteiger partial charge is 0.354 e. The van der Waals surface area contributed by atoms with Gasteiger partial charge in [0.25, 0.3) is 5.69 Å². The average molecular weight is 207 g/mol. The summed E-state index contributed by atoms with van der Waals surface area (Å²) in [5.41, 5.74) is 0.0784. The van der Waals surface area contributed by atoms with E-state index in [1.165, 1.54) is 16.5 Å². The summed E-state index contributed by atoms with van der Waals surface area (Å²) in [5, 5.41) is 19.2. The summed E-state index contributed by atoms with van der Waals surface area (Å²) in [5.74, 6) is -1.18. The summed E-state index contributed by atoms with van der Waals surface area (Å²) < 4.78 is 1.17. The van der Waals surface area contributed by atoms with E-state index in [4.69, 9.17) is 5.11 Å². The van der Waals surface area contributed by atoms with Crippen molar-refractivity contribution < 1.29 is 14.8 Å². The summed E-state index contributed by atoms with van der Waals surface area (Å²) in [6, 6.07) is 2.67. The Morgan fingerprint density at radius 1 is 1.53 bits per heavy atom. The monoisotopic (exact) mass is 207 g/mol. The van der Waals surface area contributed by atoms with Gasteiger partial charge in [-0.2, -0.15) is 0 Å². The number of carbonyl (C=O) groups is 1. The molecule has 0 aliphatic carbocycles. The standard InChI is InChI=1S/C8H5N3O4/c12-8(13)6-3-9-7-2-1-5(11(14)15)4-10(6)7/h1-4H,(H,12,13). The fraction of sp³-hybridized carbons (Fsp3) is 0. The molecule has 0 bridgehead atoms. The van der Waals surface area contributed by atoms with Crippen molar-refractivity contribution in [1.82, 2.24) is 9.38 Å². The third-order valence-electron chi connectivity index (χ3n) is 1.92. The molecule has 2 aromatic heterocycles. The summed E-state index contributed by atoms with van der Waals surface area (Å²) in [6.07, 6.45) is 2.28. The van der Waals surface area contributed by atoms with Gasteiger partial charge < -0.3 is 5.11 Å². The lowest BCUT2D eigenvalue weighted by molar-refractivity contribution is -0.385. The Balaban J connectivity index is 2.72. The van der Waals surface area contributed by atoms with Crippen molar-refractivity contribution in [2.45, 2.75) is 0 Å². The zero-order valence-electron chi connectivity index (χ0n) is 7.32. The quantitative estimate of drug-likeness (QED) is 0.583. The average Bonchev–Trinajstić information content (AvgIpc) is 2.59. The van der Waals surface area contributed by atoms with E-state index < -0.39 is 10.9 Å². The number of rotatable bonds is 2. The lowest BCUT2D eigenvalue weighted by Crippen LogP contribution is -2.02. The largest absolute Gasteiger partial charge is 0.477 e. The van der Waals surface area contributed by atoms with E-state index >= 15 is 0 Å². The van der Waals surface area contributed by atoms with Gasteiger partial charge >= 0.3 is 5.97 Å². The van der Waals surface area contributed by atoms with Gasteiger partial charge in [0.1, 0.15) is 5.65 Å². The molecular formula is C8H5N3O4. The third kappa shape index (κ3) is 1.39. The van der Waals surface area contributed by atoms with Crippen LogP contribution < -0.4 is 0 Å². The number of pyridine rings is 1. The van der Waals surface area contributed by atoms with Gasteiger partial charge in [-0.25, -0.2) is 9.78 Å². The number of hydrogen-bond donors (Lipinski definition) is 1. The van der Waals surface area contributed by atoms with E-state index in [9.17, 15) is 14.9 Å². The maximum Gasteiger partial charge on any atom is 0.354 e. The van der Waals surface area contributed by atoms with Crippen LogP contribution in [-0.4, -0.2) is 25.4 Å². The van der Waals surface area contributed by atoms with Crippen LogP contribution in [0, 0.1) is 10.1 Å². The molecule has 2 heterocycles. The van der Waals surface area contributed by atoms with Gasteiger partial charge in [-0.15, -0.1) is 0 Å². The highest BCUT2D eigenvalue weighted by atomic mass is 16.6. The lowest BCUT2D eigenvalue weighted by atomic mass is 10.4. The predicted molar refractivity (Wildman–Crippen MR) is 48.8 cm³/mol. The van der Waals surface area contributed by atoms with Crippen molar-refractivity contribution in [1.29, 1.82) is 0 Å². The molecule has 0 radical (unpaired) electrons. The second-order valence-corrected chi connectivity index (χ2v) is 2.82. The summed E-state index contributed by atoms with van der Waals surface area (Å²) in [7, 11) is 0. The molecule has 7 heteroatoms. The number of carboxylic acids is 1. The minimum absolute atomic E-state index is 0.103. The first kappa shape index (κ1) is 9.13. The first-order valence-corrected chi connectivity index (χ1v) is 3.94. The van der Waals surface area contributed by atoms with Crippen molar-refractivity contribution >= 4 is 17.3 Å². The van der Waals surface area contributed by atoms with Crippen LogP contribution in [-0.2, 0) is 0 Å². The molecule has 15 heavy (non-hydrogen) atoms. The molecular weight excluding hydrogens is 202 g/mol. The molecule has 0 fully saturated rings. The van der Waals surface area contributed by atoms with E-state index in [0.717, 1.165) is 12.4 Å². The molecule has 0 aromatic carbocycles. The highest BCUT2D eigenvalue weighted by molar-refractivity contribution is 5.86. The number of aromatic carboxylic acids is 1. The normalized spacial score (nSPS) is 10.4. The van der Waals surface area contributed by atoms with E-state index in [0.29, 0.717) is 5.65 Å². The molecule has 76 valence electrons. The second kappa shape index (κ2) is 3.05. The SMILES string of the molecule is O=C(O)c1cnc2ccc([N+](=O)[O-])cn12. The Morgan fingerprint density at radius 2 is 2.27 bits per heavy atom. The number of imidazole rings is 1. The molecule has 0 amide bonds. The molecule has 2 rings (SSSR count). The maximum absolute atomic E-state index is 10.7.